The van der Waals surface area contributed by atoms with Gasteiger partial charge in [-0.15, -0.1) is 11.3 Å². The number of nitrogens with one attached hydrogen (secondary N) is 1. The lowest BCUT2D eigenvalue weighted by molar-refractivity contribution is 0.528. The number of rotatable bonds is 6. The van der Waals surface area contributed by atoms with Crippen LogP contribution in [0.15, 0.2) is 22.7 Å². The molecule has 0 spiro atoms. The molecule has 2 rings (SSSR count). The van der Waals surface area contributed by atoms with Crippen molar-refractivity contribution in [1.82, 2.24) is 10.3 Å². The molecule has 1 aromatic carbocycles. The standard InChI is InChI=1S/C16H20BrClN2S/c1-4-8-19-14(9-15-20-10(2)11(3)21-15)12-6-5-7-13(17)16(12)18/h5-7,14,19H,4,8-9H2,1-3H3. The van der Waals surface area contributed by atoms with E-state index in [2.05, 4.69) is 53.1 Å². The van der Waals surface area contributed by atoms with E-state index in [1.165, 1.54) is 4.88 Å². The van der Waals surface area contributed by atoms with E-state index in [4.69, 9.17) is 11.6 Å². The lowest BCUT2D eigenvalue weighted by Gasteiger charge is -2.19. The van der Waals surface area contributed by atoms with Crippen LogP contribution in [0, 0.1) is 13.8 Å². The molecule has 0 fully saturated rings. The largest absolute Gasteiger partial charge is 0.310 e. The maximum Gasteiger partial charge on any atom is 0.0949 e. The minimum Gasteiger partial charge on any atom is -0.310 e. The van der Waals surface area contributed by atoms with Crippen molar-refractivity contribution >= 4 is 38.9 Å². The first-order valence-corrected chi connectivity index (χ1v) is 9.11. The fraction of sp³-hybridized carbons (Fsp3) is 0.438. The van der Waals surface area contributed by atoms with Crippen LogP contribution >= 0.6 is 38.9 Å². The lowest BCUT2D eigenvalue weighted by Crippen LogP contribution is -2.24. The van der Waals surface area contributed by atoms with E-state index in [0.717, 1.165) is 45.1 Å². The number of hydrogen-bond donors (Lipinski definition) is 1. The van der Waals surface area contributed by atoms with E-state index in [1.54, 1.807) is 11.3 Å². The monoisotopic (exact) mass is 386 g/mol. The summed E-state index contributed by atoms with van der Waals surface area (Å²) in [6.07, 6.45) is 1.97. The first-order valence-electron chi connectivity index (χ1n) is 7.13. The summed E-state index contributed by atoms with van der Waals surface area (Å²) in [6.45, 7) is 7.33. The van der Waals surface area contributed by atoms with Crippen molar-refractivity contribution < 1.29 is 0 Å². The van der Waals surface area contributed by atoms with Crippen molar-refractivity contribution in [2.45, 2.75) is 39.7 Å². The Hall–Kier alpha value is -0.420. The smallest absolute Gasteiger partial charge is 0.0949 e. The Kier molecular flexibility index (Phi) is 6.23. The molecule has 0 amide bonds. The second-order valence-electron chi connectivity index (χ2n) is 5.10. The Morgan fingerprint density at radius 2 is 2.14 bits per heavy atom. The van der Waals surface area contributed by atoms with Crippen molar-refractivity contribution in [3.8, 4) is 0 Å². The minimum absolute atomic E-state index is 0.194. The number of aromatic nitrogens is 1. The Balaban J connectivity index is 2.27. The Morgan fingerprint density at radius 1 is 1.38 bits per heavy atom. The van der Waals surface area contributed by atoms with Crippen molar-refractivity contribution in [3.63, 3.8) is 0 Å². The molecule has 0 aliphatic rings. The molecule has 0 aliphatic carbocycles. The Morgan fingerprint density at radius 3 is 2.76 bits per heavy atom. The summed E-state index contributed by atoms with van der Waals surface area (Å²) in [7, 11) is 0. The van der Waals surface area contributed by atoms with Crippen molar-refractivity contribution in [1.29, 1.82) is 0 Å². The van der Waals surface area contributed by atoms with Gasteiger partial charge in [-0.05, 0) is 54.4 Å². The van der Waals surface area contributed by atoms with Crippen LogP contribution in [0.25, 0.3) is 0 Å². The van der Waals surface area contributed by atoms with Crippen LogP contribution in [-0.4, -0.2) is 11.5 Å². The van der Waals surface area contributed by atoms with E-state index < -0.39 is 0 Å². The summed E-state index contributed by atoms with van der Waals surface area (Å²) < 4.78 is 0.941. The van der Waals surface area contributed by atoms with Gasteiger partial charge in [0.15, 0.2) is 0 Å². The molecule has 0 radical (unpaired) electrons. The van der Waals surface area contributed by atoms with E-state index in [-0.39, 0.29) is 6.04 Å². The predicted octanol–water partition coefficient (Wildman–Crippen LogP) is 5.46. The van der Waals surface area contributed by atoms with Gasteiger partial charge in [-0.1, -0.05) is 30.7 Å². The number of benzene rings is 1. The molecular weight excluding hydrogens is 368 g/mol. The quantitative estimate of drug-likeness (QED) is 0.712. The number of halogens is 2. The summed E-state index contributed by atoms with van der Waals surface area (Å²) in [5.74, 6) is 0. The zero-order valence-electron chi connectivity index (χ0n) is 12.5. The number of hydrogen-bond acceptors (Lipinski definition) is 3. The second-order valence-corrected chi connectivity index (χ2v) is 7.62. The highest BCUT2D eigenvalue weighted by Gasteiger charge is 2.18. The second kappa shape index (κ2) is 7.73. The van der Waals surface area contributed by atoms with Gasteiger partial charge in [0.2, 0.25) is 0 Å². The average Bonchev–Trinajstić information content (AvgIpc) is 2.76. The molecule has 114 valence electrons. The van der Waals surface area contributed by atoms with Gasteiger partial charge in [-0.25, -0.2) is 4.98 Å². The molecule has 1 heterocycles. The molecule has 2 nitrogen and oxygen atoms in total. The molecule has 1 aromatic heterocycles. The highest BCUT2D eigenvalue weighted by atomic mass is 79.9. The summed E-state index contributed by atoms with van der Waals surface area (Å²) in [6, 6.07) is 6.29. The number of nitrogens with zero attached hydrogens (tertiary/aromatic N) is 1. The molecule has 1 atom stereocenters. The normalized spacial score (nSPS) is 12.6. The first-order chi connectivity index (χ1) is 10.0. The van der Waals surface area contributed by atoms with Gasteiger partial charge in [0.25, 0.3) is 0 Å². The van der Waals surface area contributed by atoms with E-state index in [9.17, 15) is 0 Å². The summed E-state index contributed by atoms with van der Waals surface area (Å²) in [4.78, 5) is 5.95. The molecule has 21 heavy (non-hydrogen) atoms. The molecule has 0 aliphatic heterocycles. The highest BCUT2D eigenvalue weighted by molar-refractivity contribution is 9.10. The van der Waals surface area contributed by atoms with Crippen LogP contribution in [0.4, 0.5) is 0 Å². The van der Waals surface area contributed by atoms with Crippen LogP contribution in [-0.2, 0) is 6.42 Å². The molecule has 2 aromatic rings. The topological polar surface area (TPSA) is 24.9 Å². The predicted molar refractivity (Wildman–Crippen MR) is 95.5 cm³/mol. The number of thiazole rings is 1. The van der Waals surface area contributed by atoms with Gasteiger partial charge in [0, 0.05) is 21.8 Å². The third-order valence-corrected chi connectivity index (χ3v) is 5.86. The van der Waals surface area contributed by atoms with Gasteiger partial charge in [-0.2, -0.15) is 0 Å². The zero-order chi connectivity index (χ0) is 15.4. The molecule has 5 heteroatoms. The fourth-order valence-corrected chi connectivity index (χ4v) is 3.82. The van der Waals surface area contributed by atoms with Crippen LogP contribution in [0.1, 0.15) is 40.5 Å². The molecule has 0 saturated carbocycles. The molecule has 0 bridgehead atoms. The maximum atomic E-state index is 6.47. The first kappa shape index (κ1) is 16.9. The van der Waals surface area contributed by atoms with Crippen LogP contribution in [0.3, 0.4) is 0 Å². The highest BCUT2D eigenvalue weighted by Crippen LogP contribution is 2.32. The number of aryl methyl sites for hydroxylation is 2. The average molecular weight is 388 g/mol. The van der Waals surface area contributed by atoms with Crippen molar-refractivity contribution in [2.24, 2.45) is 0 Å². The Labute approximate surface area is 144 Å². The van der Waals surface area contributed by atoms with Gasteiger partial charge in [0.05, 0.1) is 15.7 Å². The summed E-state index contributed by atoms with van der Waals surface area (Å²) in [5.41, 5.74) is 2.26. The third-order valence-electron chi connectivity index (χ3n) is 3.45. The Bertz CT molecular complexity index is 593. The van der Waals surface area contributed by atoms with Gasteiger partial charge < -0.3 is 5.32 Å². The third kappa shape index (κ3) is 4.28. The van der Waals surface area contributed by atoms with Gasteiger partial charge in [-0.3, -0.25) is 0 Å². The van der Waals surface area contributed by atoms with Gasteiger partial charge >= 0.3 is 0 Å². The van der Waals surface area contributed by atoms with E-state index >= 15 is 0 Å². The fourth-order valence-electron chi connectivity index (χ4n) is 2.20. The van der Waals surface area contributed by atoms with Crippen LogP contribution in [0.2, 0.25) is 5.02 Å². The maximum absolute atomic E-state index is 6.47. The van der Waals surface area contributed by atoms with Gasteiger partial charge in [0.1, 0.15) is 0 Å². The lowest BCUT2D eigenvalue weighted by atomic mass is 10.0. The van der Waals surface area contributed by atoms with Crippen molar-refractivity contribution in [3.05, 3.63) is 48.8 Å². The zero-order valence-corrected chi connectivity index (χ0v) is 15.7. The molecular formula is C16H20BrClN2S. The molecule has 1 unspecified atom stereocenters. The molecule has 1 N–H and O–H groups in total. The summed E-state index contributed by atoms with van der Waals surface area (Å²) >= 11 is 11.8. The SMILES string of the molecule is CCCNC(Cc1nc(C)c(C)s1)c1cccc(Br)c1Cl. The van der Waals surface area contributed by atoms with Crippen molar-refractivity contribution in [2.75, 3.05) is 6.54 Å². The van der Waals surface area contributed by atoms with Crippen LogP contribution in [0.5, 0.6) is 0 Å². The summed E-state index contributed by atoms with van der Waals surface area (Å²) in [5, 5.41) is 5.54. The van der Waals surface area contributed by atoms with Crippen LogP contribution < -0.4 is 5.32 Å². The minimum atomic E-state index is 0.194. The molecule has 0 saturated heterocycles. The van der Waals surface area contributed by atoms with E-state index in [1.807, 2.05) is 12.1 Å². The van der Waals surface area contributed by atoms with E-state index in [0.29, 0.717) is 0 Å².